The van der Waals surface area contributed by atoms with Crippen molar-refractivity contribution in [2.75, 3.05) is 11.9 Å². The van der Waals surface area contributed by atoms with Crippen molar-refractivity contribution in [3.63, 3.8) is 0 Å². The van der Waals surface area contributed by atoms with Gasteiger partial charge >= 0.3 is 0 Å². The molecule has 0 aromatic carbocycles. The fraction of sp³-hybridized carbons (Fsp3) is 0.667. The molecule has 1 fully saturated rings. The second kappa shape index (κ2) is 5.25. The quantitative estimate of drug-likeness (QED) is 0.814. The maximum atomic E-state index is 5.80. The van der Waals surface area contributed by atoms with Crippen molar-refractivity contribution in [2.24, 2.45) is 11.7 Å². The third-order valence-electron chi connectivity index (χ3n) is 3.34. The van der Waals surface area contributed by atoms with Gasteiger partial charge < -0.3 is 11.1 Å². The first kappa shape index (κ1) is 11.3. The Morgan fingerprint density at radius 1 is 1.31 bits per heavy atom. The van der Waals surface area contributed by atoms with E-state index in [0.717, 1.165) is 18.1 Å². The van der Waals surface area contributed by atoms with Gasteiger partial charge in [0.25, 0.3) is 0 Å². The third kappa shape index (κ3) is 2.70. The van der Waals surface area contributed by atoms with E-state index in [0.29, 0.717) is 12.0 Å². The molecular formula is C12H20N4. The van der Waals surface area contributed by atoms with Crippen LogP contribution in [0.1, 0.15) is 31.4 Å². The number of nitrogens with zero attached hydrogens (tertiary/aromatic N) is 2. The molecule has 4 nitrogen and oxygen atoms in total. The Bertz CT molecular complexity index is 322. The predicted molar refractivity (Wildman–Crippen MR) is 65.2 cm³/mol. The van der Waals surface area contributed by atoms with E-state index in [1.807, 2.05) is 19.1 Å². The van der Waals surface area contributed by atoms with Crippen LogP contribution in [0.25, 0.3) is 0 Å². The lowest BCUT2D eigenvalue weighted by Crippen LogP contribution is -2.37. The average molecular weight is 220 g/mol. The Morgan fingerprint density at radius 3 is 2.81 bits per heavy atom. The minimum Gasteiger partial charge on any atom is -0.366 e. The van der Waals surface area contributed by atoms with E-state index in [4.69, 9.17) is 5.73 Å². The SMILES string of the molecule is Cc1ccc(NC2CCCCC2CN)nn1. The Morgan fingerprint density at radius 2 is 2.12 bits per heavy atom. The molecule has 0 bridgehead atoms. The van der Waals surface area contributed by atoms with Crippen molar-refractivity contribution < 1.29 is 0 Å². The molecule has 4 heteroatoms. The van der Waals surface area contributed by atoms with Crippen LogP contribution in [0.4, 0.5) is 5.82 Å². The van der Waals surface area contributed by atoms with Crippen LogP contribution in [0.2, 0.25) is 0 Å². The van der Waals surface area contributed by atoms with Gasteiger partial charge in [-0.25, -0.2) is 0 Å². The molecular weight excluding hydrogens is 200 g/mol. The Kier molecular flexibility index (Phi) is 3.72. The molecule has 16 heavy (non-hydrogen) atoms. The lowest BCUT2D eigenvalue weighted by atomic mass is 9.84. The van der Waals surface area contributed by atoms with Crippen LogP contribution in [0.5, 0.6) is 0 Å². The van der Waals surface area contributed by atoms with Gasteiger partial charge in [-0.15, -0.1) is 5.10 Å². The normalized spacial score (nSPS) is 25.4. The Labute approximate surface area is 96.6 Å². The van der Waals surface area contributed by atoms with Crippen molar-refractivity contribution in [3.05, 3.63) is 17.8 Å². The van der Waals surface area contributed by atoms with E-state index in [9.17, 15) is 0 Å². The summed E-state index contributed by atoms with van der Waals surface area (Å²) in [5, 5.41) is 11.6. The van der Waals surface area contributed by atoms with Gasteiger partial charge in [0.05, 0.1) is 5.69 Å². The summed E-state index contributed by atoms with van der Waals surface area (Å²) in [7, 11) is 0. The zero-order valence-corrected chi connectivity index (χ0v) is 9.82. The second-order valence-corrected chi connectivity index (χ2v) is 4.59. The average Bonchev–Trinajstić information content (AvgIpc) is 2.33. The van der Waals surface area contributed by atoms with E-state index in [1.165, 1.54) is 25.7 Å². The zero-order valence-electron chi connectivity index (χ0n) is 9.82. The van der Waals surface area contributed by atoms with Crippen LogP contribution in [0.3, 0.4) is 0 Å². The van der Waals surface area contributed by atoms with Crippen molar-refractivity contribution in [1.82, 2.24) is 10.2 Å². The first-order chi connectivity index (χ1) is 7.79. The Hall–Kier alpha value is -1.16. The predicted octanol–water partition coefficient (Wildman–Crippen LogP) is 1.71. The van der Waals surface area contributed by atoms with Crippen LogP contribution < -0.4 is 11.1 Å². The number of hydrogen-bond acceptors (Lipinski definition) is 4. The second-order valence-electron chi connectivity index (χ2n) is 4.59. The van der Waals surface area contributed by atoms with Crippen LogP contribution >= 0.6 is 0 Å². The molecule has 2 atom stereocenters. The highest BCUT2D eigenvalue weighted by atomic mass is 15.2. The molecule has 0 aliphatic heterocycles. The number of rotatable bonds is 3. The van der Waals surface area contributed by atoms with E-state index < -0.39 is 0 Å². The molecule has 1 saturated carbocycles. The smallest absolute Gasteiger partial charge is 0.148 e. The van der Waals surface area contributed by atoms with Gasteiger partial charge in [-0.3, -0.25) is 0 Å². The molecule has 2 unspecified atom stereocenters. The number of hydrogen-bond donors (Lipinski definition) is 2. The summed E-state index contributed by atoms with van der Waals surface area (Å²) in [6.07, 6.45) is 5.01. The maximum Gasteiger partial charge on any atom is 0.148 e. The minimum absolute atomic E-state index is 0.468. The summed E-state index contributed by atoms with van der Waals surface area (Å²) < 4.78 is 0. The van der Waals surface area contributed by atoms with Crippen LogP contribution in [0.15, 0.2) is 12.1 Å². The standard InChI is InChI=1S/C12H20N4/c1-9-6-7-12(16-15-9)14-11-5-3-2-4-10(11)8-13/h6-7,10-11H,2-5,8,13H2,1H3,(H,14,16). The van der Waals surface area contributed by atoms with E-state index in [1.54, 1.807) is 0 Å². The molecule has 1 aromatic heterocycles. The Balaban J connectivity index is 1.99. The van der Waals surface area contributed by atoms with Gasteiger partial charge in [-0.1, -0.05) is 12.8 Å². The van der Waals surface area contributed by atoms with Gasteiger partial charge in [-0.2, -0.15) is 5.10 Å². The molecule has 1 heterocycles. The summed E-state index contributed by atoms with van der Waals surface area (Å²) in [5.74, 6) is 1.45. The summed E-state index contributed by atoms with van der Waals surface area (Å²) in [4.78, 5) is 0. The molecule has 0 spiro atoms. The van der Waals surface area contributed by atoms with Crippen molar-refractivity contribution in [1.29, 1.82) is 0 Å². The number of aryl methyl sites for hydroxylation is 1. The zero-order chi connectivity index (χ0) is 11.4. The van der Waals surface area contributed by atoms with Crippen molar-refractivity contribution >= 4 is 5.82 Å². The molecule has 0 saturated heterocycles. The van der Waals surface area contributed by atoms with Gasteiger partial charge in [0.2, 0.25) is 0 Å². The molecule has 3 N–H and O–H groups in total. The largest absolute Gasteiger partial charge is 0.366 e. The summed E-state index contributed by atoms with van der Waals surface area (Å²) >= 11 is 0. The fourth-order valence-corrected chi connectivity index (χ4v) is 2.35. The third-order valence-corrected chi connectivity index (χ3v) is 3.34. The molecule has 2 rings (SSSR count). The molecule has 1 aromatic rings. The lowest BCUT2D eigenvalue weighted by molar-refractivity contribution is 0.332. The number of aromatic nitrogens is 2. The highest BCUT2D eigenvalue weighted by Gasteiger charge is 2.23. The maximum absolute atomic E-state index is 5.80. The molecule has 1 aliphatic rings. The molecule has 1 aliphatic carbocycles. The molecule has 0 radical (unpaired) electrons. The number of nitrogens with two attached hydrogens (primary N) is 1. The fourth-order valence-electron chi connectivity index (χ4n) is 2.35. The number of nitrogens with one attached hydrogen (secondary N) is 1. The molecule has 88 valence electrons. The summed E-state index contributed by atoms with van der Waals surface area (Å²) in [6, 6.07) is 4.44. The van der Waals surface area contributed by atoms with Crippen LogP contribution in [0, 0.1) is 12.8 Å². The van der Waals surface area contributed by atoms with E-state index in [-0.39, 0.29) is 0 Å². The van der Waals surface area contributed by atoms with Gasteiger partial charge in [0.1, 0.15) is 5.82 Å². The summed E-state index contributed by atoms with van der Waals surface area (Å²) in [5.41, 5.74) is 6.74. The van der Waals surface area contributed by atoms with Crippen molar-refractivity contribution in [3.8, 4) is 0 Å². The van der Waals surface area contributed by atoms with E-state index >= 15 is 0 Å². The lowest BCUT2D eigenvalue weighted by Gasteiger charge is -2.31. The van der Waals surface area contributed by atoms with Crippen molar-refractivity contribution in [2.45, 2.75) is 38.6 Å². The van der Waals surface area contributed by atoms with E-state index in [2.05, 4.69) is 15.5 Å². The first-order valence-corrected chi connectivity index (χ1v) is 6.06. The highest BCUT2D eigenvalue weighted by Crippen LogP contribution is 2.25. The van der Waals surface area contributed by atoms with Gasteiger partial charge in [0.15, 0.2) is 0 Å². The molecule has 0 amide bonds. The summed E-state index contributed by atoms with van der Waals surface area (Å²) in [6.45, 7) is 2.71. The topological polar surface area (TPSA) is 63.8 Å². The van der Waals surface area contributed by atoms with Crippen LogP contribution in [-0.2, 0) is 0 Å². The van der Waals surface area contributed by atoms with Gasteiger partial charge in [0, 0.05) is 6.04 Å². The number of anilines is 1. The van der Waals surface area contributed by atoms with Gasteiger partial charge in [-0.05, 0) is 44.4 Å². The first-order valence-electron chi connectivity index (χ1n) is 6.06. The minimum atomic E-state index is 0.468. The highest BCUT2D eigenvalue weighted by molar-refractivity contribution is 5.34. The monoisotopic (exact) mass is 220 g/mol. The van der Waals surface area contributed by atoms with Crippen LogP contribution in [-0.4, -0.2) is 22.8 Å².